The molecule has 0 saturated heterocycles. The van der Waals surface area contributed by atoms with Crippen molar-refractivity contribution in [2.24, 2.45) is 11.8 Å². The molecule has 0 amide bonds. The molecule has 194 valence electrons. The highest BCUT2D eigenvalue weighted by Crippen LogP contribution is 2.41. The van der Waals surface area contributed by atoms with Crippen LogP contribution in [-0.4, -0.2) is 45.0 Å². The van der Waals surface area contributed by atoms with E-state index in [0.29, 0.717) is 18.9 Å². The van der Waals surface area contributed by atoms with Crippen LogP contribution in [0.2, 0.25) is 0 Å². The summed E-state index contributed by atoms with van der Waals surface area (Å²) in [6.45, 7) is 3.64. The molecule has 34 heavy (non-hydrogen) atoms. The number of thiazole rings is 1. The number of rotatable bonds is 10. The van der Waals surface area contributed by atoms with E-state index in [4.69, 9.17) is 9.72 Å². The molecule has 1 aromatic heterocycles. The van der Waals surface area contributed by atoms with Gasteiger partial charge in [-0.1, -0.05) is 51.4 Å². The maximum atomic E-state index is 13.3. The third-order valence-electron chi connectivity index (χ3n) is 8.48. The molecule has 1 heterocycles. The zero-order chi connectivity index (χ0) is 24.0. The molecule has 3 saturated carbocycles. The Morgan fingerprint density at radius 1 is 0.971 bits per heavy atom. The number of anilines is 1. The summed E-state index contributed by atoms with van der Waals surface area (Å²) in [7, 11) is -1.77. The first-order valence-electron chi connectivity index (χ1n) is 13.7. The molecule has 4 rings (SSSR count). The van der Waals surface area contributed by atoms with Gasteiger partial charge < -0.3 is 10.1 Å². The van der Waals surface area contributed by atoms with Gasteiger partial charge in [0.1, 0.15) is 5.25 Å². The maximum absolute atomic E-state index is 13.3. The Hall–Kier alpha value is -0.700. The number of methoxy groups -OCH3 is 1. The number of aromatic nitrogens is 1. The number of hydrogen-bond acceptors (Lipinski definition) is 6. The van der Waals surface area contributed by atoms with Crippen molar-refractivity contribution in [3.63, 3.8) is 0 Å². The Morgan fingerprint density at radius 3 is 2.32 bits per heavy atom. The van der Waals surface area contributed by atoms with Crippen LogP contribution in [0.3, 0.4) is 0 Å². The van der Waals surface area contributed by atoms with Crippen LogP contribution < -0.4 is 10.0 Å². The highest BCUT2D eigenvalue weighted by atomic mass is 32.2. The summed E-state index contributed by atoms with van der Waals surface area (Å²) in [6, 6.07) is 0. The van der Waals surface area contributed by atoms with Crippen molar-refractivity contribution in [1.29, 1.82) is 0 Å². The fourth-order valence-electron chi connectivity index (χ4n) is 6.41. The molecule has 2 N–H and O–H groups in total. The minimum absolute atomic E-state index is 0.231. The van der Waals surface area contributed by atoms with Crippen molar-refractivity contribution in [3.8, 4) is 0 Å². The largest absolute Gasteiger partial charge is 0.380 e. The van der Waals surface area contributed by atoms with Crippen molar-refractivity contribution >= 4 is 26.5 Å². The van der Waals surface area contributed by atoms with Gasteiger partial charge in [0.15, 0.2) is 5.13 Å². The number of sulfonamides is 1. The zero-order valence-electron chi connectivity index (χ0n) is 21.2. The molecule has 0 spiro atoms. The van der Waals surface area contributed by atoms with Crippen molar-refractivity contribution in [1.82, 2.24) is 9.71 Å². The van der Waals surface area contributed by atoms with Gasteiger partial charge in [0.05, 0.1) is 11.8 Å². The molecule has 8 heteroatoms. The summed E-state index contributed by atoms with van der Waals surface area (Å²) in [5.41, 5.74) is 1.05. The van der Waals surface area contributed by atoms with Crippen molar-refractivity contribution in [2.45, 2.75) is 114 Å². The molecular formula is C26H45N3O3S2. The minimum Gasteiger partial charge on any atom is -0.380 e. The van der Waals surface area contributed by atoms with Gasteiger partial charge in [-0.2, -0.15) is 0 Å². The van der Waals surface area contributed by atoms with Gasteiger partial charge in [0.25, 0.3) is 0 Å². The van der Waals surface area contributed by atoms with E-state index in [1.807, 2.05) is 0 Å². The predicted octanol–water partition coefficient (Wildman–Crippen LogP) is 5.98. The number of ether oxygens (including phenoxy) is 1. The van der Waals surface area contributed by atoms with Gasteiger partial charge >= 0.3 is 0 Å². The van der Waals surface area contributed by atoms with Crippen LogP contribution in [0.1, 0.15) is 106 Å². The predicted molar refractivity (Wildman–Crippen MR) is 141 cm³/mol. The Kier molecular flexibility index (Phi) is 9.70. The molecule has 3 fully saturated rings. The van der Waals surface area contributed by atoms with Crippen LogP contribution >= 0.6 is 11.3 Å². The lowest BCUT2D eigenvalue weighted by Crippen LogP contribution is -2.46. The van der Waals surface area contributed by atoms with Gasteiger partial charge in [-0.25, -0.2) is 18.1 Å². The average Bonchev–Trinajstić information content (AvgIpc) is 3.24. The van der Waals surface area contributed by atoms with E-state index in [-0.39, 0.29) is 12.0 Å². The summed E-state index contributed by atoms with van der Waals surface area (Å²) in [6.07, 6.45) is 16.2. The Labute approximate surface area is 211 Å². The number of nitrogens with zero attached hydrogens (tertiary/aromatic N) is 1. The number of aryl methyl sites for hydroxylation is 1. The monoisotopic (exact) mass is 511 g/mol. The second-order valence-electron chi connectivity index (χ2n) is 10.9. The lowest BCUT2D eigenvalue weighted by Gasteiger charge is -2.34. The Balaban J connectivity index is 1.35. The van der Waals surface area contributed by atoms with E-state index in [1.165, 1.54) is 69.1 Å². The van der Waals surface area contributed by atoms with Crippen LogP contribution in [-0.2, 0) is 14.8 Å². The minimum atomic E-state index is -3.42. The van der Waals surface area contributed by atoms with Crippen LogP contribution in [0.15, 0.2) is 0 Å². The molecule has 0 aromatic carbocycles. The first-order valence-corrected chi connectivity index (χ1v) is 16.0. The molecule has 6 nitrogen and oxygen atoms in total. The number of hydrogen-bond donors (Lipinski definition) is 2. The summed E-state index contributed by atoms with van der Waals surface area (Å²) >= 11 is 1.73. The first-order chi connectivity index (χ1) is 16.5. The smallest absolute Gasteiger partial charge is 0.217 e. The fraction of sp³-hybridized carbons (Fsp3) is 0.885. The lowest BCUT2D eigenvalue weighted by molar-refractivity contribution is 0.0686. The second kappa shape index (κ2) is 12.5. The van der Waals surface area contributed by atoms with Crippen molar-refractivity contribution < 1.29 is 13.2 Å². The normalized spacial score (nSPS) is 27.6. The van der Waals surface area contributed by atoms with Crippen LogP contribution in [0.25, 0.3) is 0 Å². The van der Waals surface area contributed by atoms with Gasteiger partial charge in [0, 0.05) is 25.1 Å². The van der Waals surface area contributed by atoms with E-state index in [2.05, 4.69) is 17.0 Å². The van der Waals surface area contributed by atoms with E-state index in [9.17, 15) is 8.42 Å². The third kappa shape index (κ3) is 6.95. The van der Waals surface area contributed by atoms with Crippen LogP contribution in [0.4, 0.5) is 5.13 Å². The average molecular weight is 512 g/mol. The fourth-order valence-corrected chi connectivity index (χ4v) is 9.28. The summed E-state index contributed by atoms with van der Waals surface area (Å²) < 4.78 is 35.3. The molecule has 0 bridgehead atoms. The van der Waals surface area contributed by atoms with E-state index < -0.39 is 15.3 Å². The van der Waals surface area contributed by atoms with E-state index in [0.717, 1.165) is 42.6 Å². The quantitative estimate of drug-likeness (QED) is 0.404. The third-order valence-corrected chi connectivity index (χ3v) is 11.7. The lowest BCUT2D eigenvalue weighted by atomic mass is 9.85. The molecule has 3 atom stereocenters. The first kappa shape index (κ1) is 26.4. The second-order valence-corrected chi connectivity index (χ2v) is 13.9. The topological polar surface area (TPSA) is 80.3 Å². The van der Waals surface area contributed by atoms with Crippen molar-refractivity contribution in [3.05, 3.63) is 10.6 Å². The summed E-state index contributed by atoms with van der Waals surface area (Å²) in [5, 5.41) is 4.09. The zero-order valence-corrected chi connectivity index (χ0v) is 22.8. The molecule has 1 aromatic rings. The molecule has 3 unspecified atom stereocenters. The van der Waals surface area contributed by atoms with E-state index >= 15 is 0 Å². The van der Waals surface area contributed by atoms with Crippen LogP contribution in [0, 0.1) is 18.8 Å². The van der Waals surface area contributed by atoms with E-state index in [1.54, 1.807) is 18.4 Å². The SMILES string of the molecule is COC1CCC(c2sc(NCC3CCCCC3)nc2C)CC1S(=O)(=O)NCCC1CCCCC1. The van der Waals surface area contributed by atoms with Crippen molar-refractivity contribution in [2.75, 3.05) is 25.5 Å². The highest BCUT2D eigenvalue weighted by Gasteiger charge is 2.40. The molecular weight excluding hydrogens is 466 g/mol. The Bertz CT molecular complexity index is 861. The van der Waals surface area contributed by atoms with Gasteiger partial charge in [-0.15, -0.1) is 11.3 Å². The van der Waals surface area contributed by atoms with Gasteiger partial charge in [0.2, 0.25) is 10.0 Å². The summed E-state index contributed by atoms with van der Waals surface area (Å²) in [5.74, 6) is 1.66. The van der Waals surface area contributed by atoms with Gasteiger partial charge in [-0.05, 0) is 63.2 Å². The van der Waals surface area contributed by atoms with Crippen LogP contribution in [0.5, 0.6) is 0 Å². The maximum Gasteiger partial charge on any atom is 0.217 e. The molecule has 0 aliphatic heterocycles. The highest BCUT2D eigenvalue weighted by molar-refractivity contribution is 7.90. The van der Waals surface area contributed by atoms with Gasteiger partial charge in [-0.3, -0.25) is 0 Å². The number of nitrogens with one attached hydrogen (secondary N) is 2. The standard InChI is InChI=1S/C26H45N3O3S2/c1-19-25(33-26(29-19)27-18-21-11-7-4-8-12-21)22-13-14-23(32-2)24(17-22)34(30,31)28-16-15-20-9-5-3-6-10-20/h20-24,28H,3-18H2,1-2H3,(H,27,29). The molecule has 0 radical (unpaired) electrons. The Morgan fingerprint density at radius 2 is 1.65 bits per heavy atom. The molecule has 3 aliphatic rings. The molecule has 3 aliphatic carbocycles. The summed E-state index contributed by atoms with van der Waals surface area (Å²) in [4.78, 5) is 6.06.